The molecule has 2 bridgehead atoms. The van der Waals surface area contributed by atoms with Gasteiger partial charge in [-0.25, -0.2) is 0 Å². The van der Waals surface area contributed by atoms with Crippen LogP contribution in [0.3, 0.4) is 0 Å². The Morgan fingerprint density at radius 3 is 2.45 bits per heavy atom. The fourth-order valence-electron chi connectivity index (χ4n) is 3.61. The van der Waals surface area contributed by atoms with Gasteiger partial charge >= 0.3 is 0 Å². The maximum atomic E-state index is 12.6. The highest BCUT2D eigenvalue weighted by atomic mass is 16.5. The van der Waals surface area contributed by atoms with E-state index in [2.05, 4.69) is 0 Å². The van der Waals surface area contributed by atoms with Gasteiger partial charge in [-0.2, -0.15) is 0 Å². The molecule has 3 aliphatic rings. The van der Waals surface area contributed by atoms with Crippen molar-refractivity contribution >= 4 is 11.4 Å². The second-order valence-electron chi connectivity index (χ2n) is 5.63. The number of aryl methyl sites for hydroxylation is 1. The van der Waals surface area contributed by atoms with Crippen LogP contribution in [0.25, 0.3) is 5.57 Å². The van der Waals surface area contributed by atoms with Crippen molar-refractivity contribution in [2.45, 2.75) is 19.1 Å². The normalized spacial score (nSPS) is 34.1. The van der Waals surface area contributed by atoms with Crippen molar-refractivity contribution in [2.75, 3.05) is 0 Å². The first kappa shape index (κ1) is 11.7. The maximum Gasteiger partial charge on any atom is 0.173 e. The summed E-state index contributed by atoms with van der Waals surface area (Å²) in [5, 5.41) is 20.0. The van der Waals surface area contributed by atoms with Gasteiger partial charge in [0.2, 0.25) is 0 Å². The van der Waals surface area contributed by atoms with Crippen LogP contribution in [0.15, 0.2) is 36.1 Å². The number of fused-ring (bicyclic) bond motifs is 5. The van der Waals surface area contributed by atoms with Crippen LogP contribution in [-0.4, -0.2) is 28.2 Å². The Bertz CT molecular complexity index is 686. The summed E-state index contributed by atoms with van der Waals surface area (Å²) in [6.45, 7) is 1.82. The molecule has 20 heavy (non-hydrogen) atoms. The fourth-order valence-corrected chi connectivity index (χ4v) is 3.61. The lowest BCUT2D eigenvalue weighted by Crippen LogP contribution is -2.26. The van der Waals surface area contributed by atoms with Gasteiger partial charge in [-0.05, 0) is 30.2 Å². The number of ketones is 1. The lowest BCUT2D eigenvalue weighted by Gasteiger charge is -2.15. The third-order valence-corrected chi connectivity index (χ3v) is 4.50. The number of aliphatic hydroxyl groups is 1. The number of Topliss-reactive ketones (excluding diaryl/α,β-unsaturated/α-hetero) is 1. The predicted molar refractivity (Wildman–Crippen MR) is 72.2 cm³/mol. The molecule has 4 rings (SSSR count). The number of rotatable bonds is 1. The molecule has 2 N–H and O–H groups in total. The molecule has 1 saturated heterocycles. The van der Waals surface area contributed by atoms with Gasteiger partial charge < -0.3 is 14.9 Å². The number of ether oxygens (including phenoxy) is 1. The number of allylic oxidation sites excluding steroid dienone is 1. The molecule has 102 valence electrons. The minimum absolute atomic E-state index is 0.0573. The summed E-state index contributed by atoms with van der Waals surface area (Å²) >= 11 is 0. The van der Waals surface area contributed by atoms with E-state index >= 15 is 0 Å². The Hall–Kier alpha value is -2.07. The predicted octanol–water partition coefficient (Wildman–Crippen LogP) is 2.12. The summed E-state index contributed by atoms with van der Waals surface area (Å²) in [4.78, 5) is 12.6. The largest absolute Gasteiger partial charge is 0.511 e. The van der Waals surface area contributed by atoms with Crippen LogP contribution in [0.2, 0.25) is 0 Å². The molecule has 0 radical (unpaired) electrons. The van der Waals surface area contributed by atoms with Gasteiger partial charge in [0.1, 0.15) is 11.5 Å². The van der Waals surface area contributed by atoms with E-state index in [1.165, 1.54) is 6.07 Å². The molecule has 1 aromatic carbocycles. The van der Waals surface area contributed by atoms with Crippen LogP contribution in [0, 0.1) is 18.8 Å². The molecule has 2 heterocycles. The van der Waals surface area contributed by atoms with Crippen molar-refractivity contribution in [3.05, 3.63) is 47.2 Å². The van der Waals surface area contributed by atoms with Gasteiger partial charge in [-0.15, -0.1) is 0 Å². The Kier molecular flexibility index (Phi) is 2.19. The molecule has 1 aliphatic carbocycles. The van der Waals surface area contributed by atoms with Crippen molar-refractivity contribution in [1.82, 2.24) is 0 Å². The average molecular weight is 270 g/mol. The van der Waals surface area contributed by atoms with Crippen LogP contribution in [0.4, 0.5) is 0 Å². The summed E-state index contributed by atoms with van der Waals surface area (Å²) in [6, 6.07) is 4.82. The quantitative estimate of drug-likeness (QED) is 0.767. The second kappa shape index (κ2) is 3.73. The summed E-state index contributed by atoms with van der Waals surface area (Å²) in [5.41, 5.74) is 1.86. The van der Waals surface area contributed by atoms with Gasteiger partial charge in [-0.1, -0.05) is 18.2 Å². The van der Waals surface area contributed by atoms with Crippen LogP contribution < -0.4 is 0 Å². The molecule has 0 saturated carbocycles. The lowest BCUT2D eigenvalue weighted by atomic mass is 9.84. The van der Waals surface area contributed by atoms with Crippen LogP contribution in [-0.2, 0) is 9.53 Å². The Morgan fingerprint density at radius 1 is 1.10 bits per heavy atom. The van der Waals surface area contributed by atoms with Crippen LogP contribution >= 0.6 is 0 Å². The van der Waals surface area contributed by atoms with Crippen LogP contribution in [0.5, 0.6) is 5.75 Å². The van der Waals surface area contributed by atoms with E-state index in [1.54, 1.807) is 12.1 Å². The molecule has 4 heteroatoms. The number of hydrogen-bond donors (Lipinski definition) is 2. The number of phenols is 1. The number of phenolic OH excluding ortho intramolecular Hbond substituents is 1. The number of aliphatic hydroxyl groups excluding tert-OH is 1. The van der Waals surface area contributed by atoms with E-state index in [9.17, 15) is 15.0 Å². The molecule has 1 fully saturated rings. The standard InChI is InChI=1S/C16H14O4/c1-7-6-8(17)2-3-9(7)12-15(18)13-10-4-5-11(20-10)14(13)16(12)19/h2-6,10-11,13-14,17-18H,1H3. The Morgan fingerprint density at radius 2 is 1.80 bits per heavy atom. The summed E-state index contributed by atoms with van der Waals surface area (Å²) in [7, 11) is 0. The first-order chi connectivity index (χ1) is 9.58. The Balaban J connectivity index is 1.85. The molecule has 2 aliphatic heterocycles. The maximum absolute atomic E-state index is 12.6. The van der Waals surface area contributed by atoms with Crippen molar-refractivity contribution in [3.63, 3.8) is 0 Å². The molecule has 4 atom stereocenters. The molecular formula is C16H14O4. The van der Waals surface area contributed by atoms with E-state index in [0.29, 0.717) is 11.1 Å². The molecule has 0 amide bonds. The zero-order valence-corrected chi connectivity index (χ0v) is 10.9. The minimum Gasteiger partial charge on any atom is -0.511 e. The molecule has 4 unspecified atom stereocenters. The van der Waals surface area contributed by atoms with Crippen molar-refractivity contribution in [2.24, 2.45) is 11.8 Å². The van der Waals surface area contributed by atoms with Gasteiger partial charge in [0, 0.05) is 0 Å². The minimum atomic E-state index is -0.298. The first-order valence-corrected chi connectivity index (χ1v) is 6.69. The zero-order chi connectivity index (χ0) is 14.0. The van der Waals surface area contributed by atoms with Crippen molar-refractivity contribution < 1.29 is 19.7 Å². The number of carbonyl (C=O) groups is 1. The number of benzene rings is 1. The third-order valence-electron chi connectivity index (χ3n) is 4.50. The van der Waals surface area contributed by atoms with E-state index in [4.69, 9.17) is 4.74 Å². The molecule has 0 aromatic heterocycles. The molecule has 0 spiro atoms. The monoisotopic (exact) mass is 270 g/mol. The fraction of sp³-hybridized carbons (Fsp3) is 0.312. The average Bonchev–Trinajstić information content (AvgIpc) is 3.06. The SMILES string of the molecule is Cc1cc(O)ccc1C1=C(O)C2C3C=CC(O3)C2C1=O. The van der Waals surface area contributed by atoms with Gasteiger partial charge in [-0.3, -0.25) is 4.79 Å². The van der Waals surface area contributed by atoms with Gasteiger partial charge in [0.15, 0.2) is 5.78 Å². The number of carbonyl (C=O) groups excluding carboxylic acids is 1. The van der Waals surface area contributed by atoms with E-state index < -0.39 is 0 Å². The first-order valence-electron chi connectivity index (χ1n) is 6.69. The van der Waals surface area contributed by atoms with Crippen LogP contribution in [0.1, 0.15) is 11.1 Å². The summed E-state index contributed by atoms with van der Waals surface area (Å²) in [5.74, 6) is -0.320. The third kappa shape index (κ3) is 1.32. The highest BCUT2D eigenvalue weighted by Crippen LogP contribution is 2.51. The number of aromatic hydroxyl groups is 1. The highest BCUT2D eigenvalue weighted by molar-refractivity contribution is 6.25. The van der Waals surface area contributed by atoms with Gasteiger partial charge in [0.05, 0.1) is 29.6 Å². The zero-order valence-electron chi connectivity index (χ0n) is 10.9. The molecule has 4 nitrogen and oxygen atoms in total. The smallest absolute Gasteiger partial charge is 0.173 e. The van der Waals surface area contributed by atoms with Crippen molar-refractivity contribution in [1.29, 1.82) is 0 Å². The van der Waals surface area contributed by atoms with E-state index in [-0.39, 0.29) is 41.3 Å². The lowest BCUT2D eigenvalue weighted by molar-refractivity contribution is -0.118. The molecular weight excluding hydrogens is 256 g/mol. The summed E-state index contributed by atoms with van der Waals surface area (Å²) < 4.78 is 5.65. The molecule has 1 aromatic rings. The highest BCUT2D eigenvalue weighted by Gasteiger charge is 2.57. The summed E-state index contributed by atoms with van der Waals surface area (Å²) in [6.07, 6.45) is 3.42. The van der Waals surface area contributed by atoms with Crippen molar-refractivity contribution in [3.8, 4) is 5.75 Å². The van der Waals surface area contributed by atoms with Gasteiger partial charge in [0.25, 0.3) is 0 Å². The topological polar surface area (TPSA) is 66.8 Å². The van der Waals surface area contributed by atoms with E-state index in [1.807, 2.05) is 19.1 Å². The second-order valence-corrected chi connectivity index (χ2v) is 5.63. The number of hydrogen-bond acceptors (Lipinski definition) is 4. The Labute approximate surface area is 116 Å². The van der Waals surface area contributed by atoms with E-state index in [0.717, 1.165) is 5.56 Å².